The van der Waals surface area contributed by atoms with Crippen molar-refractivity contribution in [1.29, 1.82) is 0 Å². The van der Waals surface area contributed by atoms with Gasteiger partial charge >= 0.3 is 0 Å². The van der Waals surface area contributed by atoms with Gasteiger partial charge in [-0.1, -0.05) is 0 Å². The predicted octanol–water partition coefficient (Wildman–Crippen LogP) is 0.677. The number of rotatable bonds is 4. The van der Waals surface area contributed by atoms with E-state index in [0.717, 1.165) is 0 Å². The summed E-state index contributed by atoms with van der Waals surface area (Å²) >= 11 is 0. The van der Waals surface area contributed by atoms with Crippen LogP contribution >= 0.6 is 0 Å². The molecule has 0 fully saturated rings. The monoisotopic (exact) mass is 238 g/mol. The van der Waals surface area contributed by atoms with Crippen LogP contribution in [0.4, 0.5) is 17.1 Å². The summed E-state index contributed by atoms with van der Waals surface area (Å²) in [5.74, 6) is -0.0954. The molecule has 1 aromatic carbocycles. The third kappa shape index (κ3) is 3.33. The SMILES string of the molecule is CN(C)C(=O)CNc1ccc([N+](=O)[O-])c(N)c1. The minimum Gasteiger partial charge on any atom is -0.393 e. The van der Waals surface area contributed by atoms with Crippen LogP contribution in [0.15, 0.2) is 18.2 Å². The minimum atomic E-state index is -0.552. The van der Waals surface area contributed by atoms with E-state index in [0.29, 0.717) is 5.69 Å². The zero-order valence-corrected chi connectivity index (χ0v) is 9.64. The summed E-state index contributed by atoms with van der Waals surface area (Å²) in [7, 11) is 3.29. The number of nitrogen functional groups attached to an aromatic ring is 1. The van der Waals surface area contributed by atoms with Crippen molar-refractivity contribution in [1.82, 2.24) is 4.90 Å². The van der Waals surface area contributed by atoms with Crippen LogP contribution in [-0.2, 0) is 4.79 Å². The molecule has 17 heavy (non-hydrogen) atoms. The molecule has 0 aliphatic carbocycles. The van der Waals surface area contributed by atoms with E-state index in [9.17, 15) is 14.9 Å². The largest absolute Gasteiger partial charge is 0.393 e. The average Bonchev–Trinajstić information content (AvgIpc) is 2.25. The third-order valence-corrected chi connectivity index (χ3v) is 2.17. The van der Waals surface area contributed by atoms with Crippen molar-refractivity contribution in [2.75, 3.05) is 31.7 Å². The van der Waals surface area contributed by atoms with Gasteiger partial charge in [0.15, 0.2) is 0 Å². The number of carbonyl (C=O) groups is 1. The van der Waals surface area contributed by atoms with Crippen LogP contribution in [0.2, 0.25) is 0 Å². The maximum Gasteiger partial charge on any atom is 0.292 e. The number of nitrogens with zero attached hydrogens (tertiary/aromatic N) is 2. The molecule has 1 rings (SSSR count). The maximum absolute atomic E-state index is 11.3. The fourth-order valence-corrected chi connectivity index (χ4v) is 1.17. The number of hydrogen-bond donors (Lipinski definition) is 2. The predicted molar refractivity (Wildman–Crippen MR) is 64.7 cm³/mol. The lowest BCUT2D eigenvalue weighted by atomic mass is 10.2. The lowest BCUT2D eigenvalue weighted by Gasteiger charge is -2.11. The van der Waals surface area contributed by atoms with Gasteiger partial charge in [-0.05, 0) is 12.1 Å². The second-order valence-electron chi connectivity index (χ2n) is 3.67. The Labute approximate surface area is 98.4 Å². The van der Waals surface area contributed by atoms with E-state index in [-0.39, 0.29) is 23.8 Å². The molecule has 7 heteroatoms. The zero-order valence-electron chi connectivity index (χ0n) is 9.64. The molecule has 0 unspecified atom stereocenters. The smallest absolute Gasteiger partial charge is 0.292 e. The minimum absolute atomic E-state index is 0.0669. The average molecular weight is 238 g/mol. The quantitative estimate of drug-likeness (QED) is 0.456. The summed E-state index contributed by atoms with van der Waals surface area (Å²) in [5.41, 5.74) is 6.01. The summed E-state index contributed by atoms with van der Waals surface area (Å²) in [4.78, 5) is 22.7. The van der Waals surface area contributed by atoms with Crippen molar-refractivity contribution >= 4 is 23.0 Å². The van der Waals surface area contributed by atoms with E-state index in [1.807, 2.05) is 0 Å². The molecule has 0 atom stereocenters. The molecule has 1 amide bonds. The lowest BCUT2D eigenvalue weighted by Crippen LogP contribution is -2.28. The van der Waals surface area contributed by atoms with Gasteiger partial charge in [-0.15, -0.1) is 0 Å². The van der Waals surface area contributed by atoms with Gasteiger partial charge in [-0.25, -0.2) is 0 Å². The number of nitrogens with two attached hydrogens (primary N) is 1. The Balaban J connectivity index is 2.71. The Bertz CT molecular complexity index is 445. The summed E-state index contributed by atoms with van der Waals surface area (Å²) in [6.07, 6.45) is 0. The summed E-state index contributed by atoms with van der Waals surface area (Å²) < 4.78 is 0. The number of carbonyl (C=O) groups excluding carboxylic acids is 1. The maximum atomic E-state index is 11.3. The summed E-state index contributed by atoms with van der Waals surface area (Å²) in [6, 6.07) is 4.25. The van der Waals surface area contributed by atoms with Crippen molar-refractivity contribution in [2.45, 2.75) is 0 Å². The zero-order chi connectivity index (χ0) is 13.0. The molecule has 92 valence electrons. The second-order valence-corrected chi connectivity index (χ2v) is 3.67. The highest BCUT2D eigenvalue weighted by Gasteiger charge is 2.11. The molecular weight excluding hydrogens is 224 g/mol. The first kappa shape index (κ1) is 12.8. The van der Waals surface area contributed by atoms with Crippen molar-refractivity contribution in [3.8, 4) is 0 Å². The van der Waals surface area contributed by atoms with E-state index in [4.69, 9.17) is 5.73 Å². The molecule has 0 aliphatic heterocycles. The van der Waals surface area contributed by atoms with Gasteiger partial charge in [0.25, 0.3) is 5.69 Å². The van der Waals surface area contributed by atoms with Gasteiger partial charge in [-0.2, -0.15) is 0 Å². The molecule has 7 nitrogen and oxygen atoms in total. The Morgan fingerprint density at radius 2 is 2.18 bits per heavy atom. The molecule has 0 aromatic heterocycles. The Hall–Kier alpha value is -2.31. The van der Waals surface area contributed by atoms with Crippen molar-refractivity contribution in [3.05, 3.63) is 28.3 Å². The van der Waals surface area contributed by atoms with E-state index in [1.54, 1.807) is 14.1 Å². The first-order valence-corrected chi connectivity index (χ1v) is 4.89. The number of benzene rings is 1. The highest BCUT2D eigenvalue weighted by molar-refractivity contribution is 5.80. The topological polar surface area (TPSA) is 102 Å². The molecule has 3 N–H and O–H groups in total. The fraction of sp³-hybridized carbons (Fsp3) is 0.300. The van der Waals surface area contributed by atoms with Gasteiger partial charge in [-0.3, -0.25) is 14.9 Å². The Kier molecular flexibility index (Phi) is 3.86. The number of hydrogen-bond acceptors (Lipinski definition) is 5. The van der Waals surface area contributed by atoms with Gasteiger partial charge < -0.3 is 16.0 Å². The molecule has 0 bridgehead atoms. The highest BCUT2D eigenvalue weighted by Crippen LogP contribution is 2.24. The van der Waals surface area contributed by atoms with Crippen LogP contribution in [-0.4, -0.2) is 36.4 Å². The summed E-state index contributed by atoms with van der Waals surface area (Å²) in [5, 5.41) is 13.4. The summed E-state index contributed by atoms with van der Waals surface area (Å²) in [6.45, 7) is 0.115. The van der Waals surface area contributed by atoms with E-state index < -0.39 is 4.92 Å². The Morgan fingerprint density at radius 1 is 1.53 bits per heavy atom. The first-order valence-electron chi connectivity index (χ1n) is 4.89. The van der Waals surface area contributed by atoms with Crippen LogP contribution in [0.3, 0.4) is 0 Å². The number of likely N-dealkylation sites (N-methyl/N-ethyl adjacent to an activating group) is 1. The fourth-order valence-electron chi connectivity index (χ4n) is 1.17. The van der Waals surface area contributed by atoms with Gasteiger partial charge in [0.2, 0.25) is 5.91 Å². The van der Waals surface area contributed by atoms with Crippen molar-refractivity contribution in [2.24, 2.45) is 0 Å². The van der Waals surface area contributed by atoms with Gasteiger partial charge in [0, 0.05) is 25.8 Å². The number of nitro groups is 1. The molecule has 0 radical (unpaired) electrons. The second kappa shape index (κ2) is 5.15. The first-order chi connectivity index (χ1) is 7.91. The molecule has 1 aromatic rings. The van der Waals surface area contributed by atoms with E-state index >= 15 is 0 Å². The normalized spacial score (nSPS) is 9.76. The number of anilines is 2. The molecule has 0 saturated carbocycles. The van der Waals surface area contributed by atoms with Crippen LogP contribution < -0.4 is 11.1 Å². The molecule has 0 spiro atoms. The lowest BCUT2D eigenvalue weighted by molar-refractivity contribution is -0.383. The van der Waals surface area contributed by atoms with Gasteiger partial charge in [0.05, 0.1) is 11.5 Å². The van der Waals surface area contributed by atoms with E-state index in [1.165, 1.54) is 23.1 Å². The van der Waals surface area contributed by atoms with Crippen LogP contribution in [0.1, 0.15) is 0 Å². The number of nitrogens with one attached hydrogen (secondary N) is 1. The molecule has 0 saturated heterocycles. The van der Waals surface area contributed by atoms with Gasteiger partial charge in [0.1, 0.15) is 5.69 Å². The number of nitro benzene ring substituents is 1. The highest BCUT2D eigenvalue weighted by atomic mass is 16.6. The number of amides is 1. The van der Waals surface area contributed by atoms with Crippen molar-refractivity contribution in [3.63, 3.8) is 0 Å². The van der Waals surface area contributed by atoms with Crippen molar-refractivity contribution < 1.29 is 9.72 Å². The van der Waals surface area contributed by atoms with Crippen LogP contribution in [0.5, 0.6) is 0 Å². The standard InChI is InChI=1S/C10H14N4O3/c1-13(2)10(15)6-12-7-3-4-9(14(16)17)8(11)5-7/h3-5,12H,6,11H2,1-2H3. The third-order valence-electron chi connectivity index (χ3n) is 2.17. The van der Waals surface area contributed by atoms with E-state index in [2.05, 4.69) is 5.32 Å². The van der Waals surface area contributed by atoms with Crippen LogP contribution in [0.25, 0.3) is 0 Å². The molecular formula is C10H14N4O3. The molecule has 0 aliphatic rings. The van der Waals surface area contributed by atoms with Crippen LogP contribution in [0, 0.1) is 10.1 Å². The molecule has 0 heterocycles. The Morgan fingerprint density at radius 3 is 2.65 bits per heavy atom.